The van der Waals surface area contributed by atoms with Gasteiger partial charge in [0.25, 0.3) is 5.91 Å². The number of carbonyl (C=O) groups excluding carboxylic acids is 1. The van der Waals surface area contributed by atoms with E-state index in [-0.39, 0.29) is 19.4 Å². The third-order valence-electron chi connectivity index (χ3n) is 3.33. The molecule has 0 bridgehead atoms. The number of benzene rings is 1. The number of nitrogens with one attached hydrogen (secondary N) is 1. The molecular formula is C13H14F5NO2. The molecule has 0 spiro atoms. The lowest BCUT2D eigenvalue weighted by atomic mass is 9.97. The molecule has 1 amide bonds. The molecule has 3 nitrogen and oxygen atoms in total. The van der Waals surface area contributed by atoms with Gasteiger partial charge >= 0.3 is 0 Å². The summed E-state index contributed by atoms with van der Waals surface area (Å²) in [7, 11) is 0. The summed E-state index contributed by atoms with van der Waals surface area (Å²) in [5, 5.41) is 11.9. The molecule has 0 heterocycles. The van der Waals surface area contributed by atoms with Crippen LogP contribution in [0.5, 0.6) is 0 Å². The van der Waals surface area contributed by atoms with Gasteiger partial charge < -0.3 is 10.4 Å². The molecule has 0 aromatic heterocycles. The number of carbonyl (C=O) groups is 1. The normalized spacial score (nSPS) is 11.6. The summed E-state index contributed by atoms with van der Waals surface area (Å²) in [5.74, 6) is -12.6. The second-order valence-electron chi connectivity index (χ2n) is 4.56. The van der Waals surface area contributed by atoms with Crippen molar-refractivity contribution in [3.05, 3.63) is 34.6 Å². The Hall–Kier alpha value is -1.70. The first-order valence-corrected chi connectivity index (χ1v) is 6.20. The van der Waals surface area contributed by atoms with Crippen molar-refractivity contribution in [2.75, 3.05) is 6.54 Å². The Balaban J connectivity index is 3.10. The maximum Gasteiger partial charge on any atom is 0.257 e. The molecule has 118 valence electrons. The lowest BCUT2D eigenvalue weighted by molar-refractivity contribution is 0.0312. The molecule has 1 rings (SSSR count). The predicted molar refractivity (Wildman–Crippen MR) is 64.1 cm³/mol. The van der Waals surface area contributed by atoms with Crippen molar-refractivity contribution < 1.29 is 31.9 Å². The second-order valence-corrected chi connectivity index (χ2v) is 4.56. The van der Waals surface area contributed by atoms with E-state index in [1.54, 1.807) is 13.8 Å². The van der Waals surface area contributed by atoms with Gasteiger partial charge in [0, 0.05) is 6.54 Å². The zero-order chi connectivity index (χ0) is 16.4. The second kappa shape index (κ2) is 6.38. The highest BCUT2D eigenvalue weighted by molar-refractivity contribution is 5.94. The largest absolute Gasteiger partial charge is 0.388 e. The first-order valence-electron chi connectivity index (χ1n) is 6.20. The summed E-state index contributed by atoms with van der Waals surface area (Å²) in [4.78, 5) is 11.6. The van der Waals surface area contributed by atoms with Crippen LogP contribution >= 0.6 is 0 Å². The van der Waals surface area contributed by atoms with E-state index in [0.29, 0.717) is 0 Å². The van der Waals surface area contributed by atoms with E-state index < -0.39 is 46.2 Å². The molecular weight excluding hydrogens is 297 g/mol. The number of hydrogen-bond donors (Lipinski definition) is 2. The fraction of sp³-hybridized carbons (Fsp3) is 0.462. The average Bonchev–Trinajstić information content (AvgIpc) is 2.48. The zero-order valence-electron chi connectivity index (χ0n) is 11.4. The third kappa shape index (κ3) is 3.31. The Labute approximate surface area is 117 Å². The Morgan fingerprint density at radius 3 is 1.71 bits per heavy atom. The Morgan fingerprint density at radius 2 is 1.33 bits per heavy atom. The molecule has 0 saturated heterocycles. The maximum absolute atomic E-state index is 13.4. The highest BCUT2D eigenvalue weighted by atomic mass is 19.2. The number of rotatable bonds is 5. The van der Waals surface area contributed by atoms with Gasteiger partial charge in [-0.15, -0.1) is 0 Å². The van der Waals surface area contributed by atoms with Gasteiger partial charge in [-0.3, -0.25) is 4.79 Å². The minimum Gasteiger partial charge on any atom is -0.388 e. The molecule has 0 aliphatic heterocycles. The fourth-order valence-corrected chi connectivity index (χ4v) is 1.64. The van der Waals surface area contributed by atoms with Gasteiger partial charge in [0.05, 0.1) is 5.60 Å². The topological polar surface area (TPSA) is 49.3 Å². The third-order valence-corrected chi connectivity index (χ3v) is 3.33. The molecule has 1 aromatic carbocycles. The first kappa shape index (κ1) is 17.4. The van der Waals surface area contributed by atoms with Crippen LogP contribution in [0.15, 0.2) is 0 Å². The summed E-state index contributed by atoms with van der Waals surface area (Å²) >= 11 is 0. The SMILES string of the molecule is CCC(O)(CC)CNC(=O)c1c(F)c(F)c(F)c(F)c1F. The number of amides is 1. The van der Waals surface area contributed by atoms with Gasteiger partial charge in [0.2, 0.25) is 5.82 Å². The Morgan fingerprint density at radius 1 is 0.952 bits per heavy atom. The van der Waals surface area contributed by atoms with Crippen LogP contribution in [-0.4, -0.2) is 23.2 Å². The van der Waals surface area contributed by atoms with E-state index in [1.807, 2.05) is 5.32 Å². The minimum atomic E-state index is -2.33. The van der Waals surface area contributed by atoms with Crippen LogP contribution in [0.3, 0.4) is 0 Å². The molecule has 0 aliphatic carbocycles. The molecule has 8 heteroatoms. The monoisotopic (exact) mass is 311 g/mol. The van der Waals surface area contributed by atoms with Crippen LogP contribution in [0, 0.1) is 29.1 Å². The van der Waals surface area contributed by atoms with Gasteiger partial charge in [-0.25, -0.2) is 22.0 Å². The standard InChI is InChI=1S/C13H14F5NO2/c1-3-13(21,4-2)5-19-12(20)6-7(14)9(16)11(18)10(17)8(6)15/h21H,3-5H2,1-2H3,(H,19,20). The minimum absolute atomic E-state index is 0.237. The lowest BCUT2D eigenvalue weighted by Crippen LogP contribution is -2.42. The van der Waals surface area contributed by atoms with Crippen LogP contribution in [0.25, 0.3) is 0 Å². The van der Waals surface area contributed by atoms with Crippen molar-refractivity contribution >= 4 is 5.91 Å². The van der Waals surface area contributed by atoms with Gasteiger partial charge in [-0.1, -0.05) is 13.8 Å². The summed E-state index contributed by atoms with van der Waals surface area (Å²) in [6, 6.07) is 0. The molecule has 0 unspecified atom stereocenters. The van der Waals surface area contributed by atoms with Gasteiger partial charge in [0.15, 0.2) is 23.3 Å². The van der Waals surface area contributed by atoms with Gasteiger partial charge in [-0.2, -0.15) is 0 Å². The smallest absolute Gasteiger partial charge is 0.257 e. The van der Waals surface area contributed by atoms with Crippen LogP contribution in [0.4, 0.5) is 22.0 Å². The Bertz CT molecular complexity index is 529. The van der Waals surface area contributed by atoms with Crippen LogP contribution in [0.2, 0.25) is 0 Å². The number of halogens is 5. The van der Waals surface area contributed by atoms with Crippen molar-refractivity contribution in [3.8, 4) is 0 Å². The zero-order valence-corrected chi connectivity index (χ0v) is 11.4. The molecule has 21 heavy (non-hydrogen) atoms. The molecule has 0 aliphatic rings. The molecule has 2 N–H and O–H groups in total. The molecule has 0 atom stereocenters. The average molecular weight is 311 g/mol. The van der Waals surface area contributed by atoms with Crippen molar-refractivity contribution in [1.29, 1.82) is 0 Å². The van der Waals surface area contributed by atoms with Crippen molar-refractivity contribution in [1.82, 2.24) is 5.32 Å². The highest BCUT2D eigenvalue weighted by Gasteiger charge is 2.31. The van der Waals surface area contributed by atoms with Gasteiger partial charge in [-0.05, 0) is 12.8 Å². The van der Waals surface area contributed by atoms with E-state index in [2.05, 4.69) is 0 Å². The number of aliphatic hydroxyl groups is 1. The van der Waals surface area contributed by atoms with E-state index >= 15 is 0 Å². The molecule has 0 radical (unpaired) electrons. The highest BCUT2D eigenvalue weighted by Crippen LogP contribution is 2.23. The molecule has 0 saturated carbocycles. The van der Waals surface area contributed by atoms with E-state index in [4.69, 9.17) is 0 Å². The van der Waals surface area contributed by atoms with Crippen molar-refractivity contribution in [2.24, 2.45) is 0 Å². The van der Waals surface area contributed by atoms with Crippen LogP contribution < -0.4 is 5.32 Å². The number of hydrogen-bond acceptors (Lipinski definition) is 2. The lowest BCUT2D eigenvalue weighted by Gasteiger charge is -2.25. The van der Waals surface area contributed by atoms with Crippen molar-refractivity contribution in [3.63, 3.8) is 0 Å². The van der Waals surface area contributed by atoms with E-state index in [9.17, 15) is 31.9 Å². The molecule has 1 aromatic rings. The fourth-order valence-electron chi connectivity index (χ4n) is 1.64. The maximum atomic E-state index is 13.4. The first-order chi connectivity index (χ1) is 9.68. The molecule has 0 fully saturated rings. The van der Waals surface area contributed by atoms with Crippen molar-refractivity contribution in [2.45, 2.75) is 32.3 Å². The van der Waals surface area contributed by atoms with E-state index in [0.717, 1.165) is 0 Å². The van der Waals surface area contributed by atoms with Gasteiger partial charge in [0.1, 0.15) is 5.56 Å². The predicted octanol–water partition coefficient (Wildman–Crippen LogP) is 2.66. The summed E-state index contributed by atoms with van der Waals surface area (Å²) in [6.07, 6.45) is 0.474. The van der Waals surface area contributed by atoms with Crippen LogP contribution in [0.1, 0.15) is 37.0 Å². The summed E-state index contributed by atoms with van der Waals surface area (Å²) in [6.45, 7) is 2.86. The van der Waals surface area contributed by atoms with E-state index in [1.165, 1.54) is 0 Å². The Kier molecular flexibility index (Phi) is 5.27. The van der Waals surface area contributed by atoms with Crippen LogP contribution in [-0.2, 0) is 0 Å². The quantitative estimate of drug-likeness (QED) is 0.499. The summed E-state index contributed by atoms with van der Waals surface area (Å²) in [5.41, 5.74) is -2.89. The summed E-state index contributed by atoms with van der Waals surface area (Å²) < 4.78 is 65.6.